The van der Waals surface area contributed by atoms with E-state index in [1.807, 2.05) is 41.8 Å². The number of carbonyl (C=O) groups excluding carboxylic acids is 3. The Morgan fingerprint density at radius 2 is 1.73 bits per heavy atom. The topological polar surface area (TPSA) is 84.5 Å². The van der Waals surface area contributed by atoms with Crippen LogP contribution in [0.2, 0.25) is 5.02 Å². The molecular formula is C28H23ClN2O4S2. The van der Waals surface area contributed by atoms with Gasteiger partial charge in [-0.25, -0.2) is 4.79 Å². The molecule has 4 aromatic rings. The molecule has 0 spiro atoms. The molecule has 0 aliphatic carbocycles. The van der Waals surface area contributed by atoms with Crippen LogP contribution < -0.4 is 10.6 Å². The molecular weight excluding hydrogens is 528 g/mol. The van der Waals surface area contributed by atoms with Gasteiger partial charge in [-0.05, 0) is 48.9 Å². The Morgan fingerprint density at radius 3 is 2.49 bits per heavy atom. The predicted molar refractivity (Wildman–Crippen MR) is 151 cm³/mol. The van der Waals surface area contributed by atoms with Gasteiger partial charge in [0.1, 0.15) is 10.6 Å². The number of ether oxygens (including phenoxy) is 1. The zero-order chi connectivity index (χ0) is 26.2. The van der Waals surface area contributed by atoms with Gasteiger partial charge in [0, 0.05) is 32.1 Å². The second kappa shape index (κ2) is 12.6. The Balaban J connectivity index is 1.42. The highest BCUT2D eigenvalue weighted by Gasteiger charge is 2.22. The minimum absolute atomic E-state index is 0.118. The molecule has 0 saturated carbocycles. The fourth-order valence-electron chi connectivity index (χ4n) is 3.49. The van der Waals surface area contributed by atoms with E-state index in [0.717, 1.165) is 16.0 Å². The minimum atomic E-state index is -0.478. The largest absolute Gasteiger partial charge is 0.462 e. The van der Waals surface area contributed by atoms with Crippen LogP contribution in [0.1, 0.15) is 27.6 Å². The predicted octanol–water partition coefficient (Wildman–Crippen LogP) is 7.23. The van der Waals surface area contributed by atoms with Gasteiger partial charge in [-0.1, -0.05) is 54.1 Å². The lowest BCUT2D eigenvalue weighted by Crippen LogP contribution is -2.16. The summed E-state index contributed by atoms with van der Waals surface area (Å²) in [5.41, 5.74) is 2.99. The molecule has 1 heterocycles. The molecule has 0 aliphatic rings. The molecule has 0 aliphatic heterocycles. The van der Waals surface area contributed by atoms with E-state index >= 15 is 0 Å². The highest BCUT2D eigenvalue weighted by molar-refractivity contribution is 8.00. The van der Waals surface area contributed by atoms with Crippen LogP contribution in [-0.2, 0) is 9.53 Å². The minimum Gasteiger partial charge on any atom is -0.462 e. The standard InChI is InChI=1S/C28H23ClN2O4S2/c1-2-35-28(34)25-23(18-8-4-3-5-9-18)16-37-27(25)31-24(32)17-36-22-13-7-12-21(15-22)30-26(33)19-10-6-11-20(29)14-19/h3-16H,2,17H2,1H3,(H,30,33)(H,31,32). The molecule has 2 N–H and O–H groups in total. The van der Waals surface area contributed by atoms with E-state index in [-0.39, 0.29) is 24.2 Å². The average Bonchev–Trinajstić information content (AvgIpc) is 3.32. The number of hydrogen-bond donors (Lipinski definition) is 2. The number of amides is 2. The summed E-state index contributed by atoms with van der Waals surface area (Å²) in [6.07, 6.45) is 0. The molecule has 9 heteroatoms. The Kier molecular flexibility index (Phi) is 9.00. The fraction of sp³-hybridized carbons (Fsp3) is 0.107. The van der Waals surface area contributed by atoms with Crippen molar-refractivity contribution in [3.63, 3.8) is 0 Å². The molecule has 188 valence electrons. The van der Waals surface area contributed by atoms with Crippen molar-refractivity contribution in [2.45, 2.75) is 11.8 Å². The van der Waals surface area contributed by atoms with E-state index in [9.17, 15) is 14.4 Å². The van der Waals surface area contributed by atoms with E-state index in [1.165, 1.54) is 23.1 Å². The molecule has 6 nitrogen and oxygen atoms in total. The summed E-state index contributed by atoms with van der Waals surface area (Å²) < 4.78 is 5.25. The van der Waals surface area contributed by atoms with Gasteiger partial charge in [0.2, 0.25) is 5.91 Å². The van der Waals surface area contributed by atoms with E-state index < -0.39 is 5.97 Å². The van der Waals surface area contributed by atoms with Gasteiger partial charge in [-0.2, -0.15) is 0 Å². The molecule has 4 rings (SSSR count). The molecule has 3 aromatic carbocycles. The Labute approximate surface area is 228 Å². The van der Waals surface area contributed by atoms with Crippen molar-refractivity contribution in [2.24, 2.45) is 0 Å². The van der Waals surface area contributed by atoms with Gasteiger partial charge < -0.3 is 15.4 Å². The van der Waals surface area contributed by atoms with Crippen molar-refractivity contribution in [1.82, 2.24) is 0 Å². The number of thioether (sulfide) groups is 1. The van der Waals surface area contributed by atoms with Gasteiger partial charge in [0.15, 0.2) is 0 Å². The summed E-state index contributed by atoms with van der Waals surface area (Å²) in [6, 6.07) is 23.4. The van der Waals surface area contributed by atoms with E-state index in [0.29, 0.717) is 26.8 Å². The first kappa shape index (κ1) is 26.5. The number of nitrogens with one attached hydrogen (secondary N) is 2. The van der Waals surface area contributed by atoms with Gasteiger partial charge >= 0.3 is 5.97 Å². The number of halogens is 1. The lowest BCUT2D eigenvalue weighted by atomic mass is 10.0. The van der Waals surface area contributed by atoms with Crippen LogP contribution in [0.25, 0.3) is 11.1 Å². The third-order valence-corrected chi connectivity index (χ3v) is 7.28. The van der Waals surface area contributed by atoms with E-state index in [2.05, 4.69) is 10.6 Å². The SMILES string of the molecule is CCOC(=O)c1c(-c2ccccc2)csc1NC(=O)CSc1cccc(NC(=O)c2cccc(Cl)c2)c1. The van der Waals surface area contributed by atoms with Crippen LogP contribution in [0.3, 0.4) is 0 Å². The van der Waals surface area contributed by atoms with Crippen molar-refractivity contribution in [1.29, 1.82) is 0 Å². The van der Waals surface area contributed by atoms with Crippen LogP contribution >= 0.6 is 34.7 Å². The number of benzene rings is 3. The van der Waals surface area contributed by atoms with Crippen molar-refractivity contribution >= 4 is 63.2 Å². The summed E-state index contributed by atoms with van der Waals surface area (Å²) >= 11 is 8.58. The number of hydrogen-bond acceptors (Lipinski definition) is 6. The summed E-state index contributed by atoms with van der Waals surface area (Å²) in [5.74, 6) is -0.896. The fourth-order valence-corrected chi connectivity index (χ4v) is 5.41. The molecule has 0 unspecified atom stereocenters. The molecule has 1 aromatic heterocycles. The molecule has 0 atom stereocenters. The summed E-state index contributed by atoms with van der Waals surface area (Å²) in [7, 11) is 0. The molecule has 37 heavy (non-hydrogen) atoms. The highest BCUT2D eigenvalue weighted by Crippen LogP contribution is 2.36. The maximum Gasteiger partial charge on any atom is 0.341 e. The first-order chi connectivity index (χ1) is 17.9. The van der Waals surface area contributed by atoms with Crippen molar-refractivity contribution < 1.29 is 19.1 Å². The number of thiophene rings is 1. The molecule has 0 fully saturated rings. The summed E-state index contributed by atoms with van der Waals surface area (Å²) in [6.45, 7) is 1.98. The van der Waals surface area contributed by atoms with Crippen LogP contribution in [0.15, 0.2) is 89.1 Å². The van der Waals surface area contributed by atoms with Crippen molar-refractivity contribution in [3.05, 3.63) is 100 Å². The zero-order valence-electron chi connectivity index (χ0n) is 19.8. The maximum absolute atomic E-state index is 12.8. The van der Waals surface area contributed by atoms with Gasteiger partial charge in [0.25, 0.3) is 5.91 Å². The highest BCUT2D eigenvalue weighted by atomic mass is 35.5. The molecule has 0 radical (unpaired) electrons. The normalized spacial score (nSPS) is 10.5. The third kappa shape index (κ3) is 7.01. The number of rotatable bonds is 9. The first-order valence-electron chi connectivity index (χ1n) is 11.4. The van der Waals surface area contributed by atoms with Crippen LogP contribution in [0.5, 0.6) is 0 Å². The third-order valence-electron chi connectivity index (χ3n) is 5.16. The lowest BCUT2D eigenvalue weighted by Gasteiger charge is -2.10. The average molecular weight is 551 g/mol. The van der Waals surface area contributed by atoms with Crippen LogP contribution in [0.4, 0.5) is 10.7 Å². The molecule has 0 saturated heterocycles. The number of anilines is 2. The van der Waals surface area contributed by atoms with Crippen LogP contribution in [-0.4, -0.2) is 30.1 Å². The van der Waals surface area contributed by atoms with Crippen molar-refractivity contribution in [3.8, 4) is 11.1 Å². The summed E-state index contributed by atoms with van der Waals surface area (Å²) in [5, 5.41) is 8.48. The smallest absolute Gasteiger partial charge is 0.341 e. The van der Waals surface area contributed by atoms with Gasteiger partial charge in [-0.15, -0.1) is 23.1 Å². The lowest BCUT2D eigenvalue weighted by molar-refractivity contribution is -0.113. The zero-order valence-corrected chi connectivity index (χ0v) is 22.2. The monoisotopic (exact) mass is 550 g/mol. The Morgan fingerprint density at radius 1 is 0.946 bits per heavy atom. The Bertz CT molecular complexity index is 1420. The quantitative estimate of drug-likeness (QED) is 0.170. The molecule has 2 amide bonds. The number of esters is 1. The second-order valence-corrected chi connectivity index (χ2v) is 10.1. The van der Waals surface area contributed by atoms with Crippen molar-refractivity contribution in [2.75, 3.05) is 23.0 Å². The van der Waals surface area contributed by atoms with E-state index in [1.54, 1.807) is 49.4 Å². The number of carbonyl (C=O) groups is 3. The van der Waals surface area contributed by atoms with Gasteiger partial charge in [-0.3, -0.25) is 9.59 Å². The Hall–Kier alpha value is -3.59. The summed E-state index contributed by atoms with van der Waals surface area (Å²) in [4.78, 5) is 38.8. The maximum atomic E-state index is 12.8. The second-order valence-electron chi connectivity index (χ2n) is 7.77. The van der Waals surface area contributed by atoms with Gasteiger partial charge in [0.05, 0.1) is 12.4 Å². The van der Waals surface area contributed by atoms with Crippen LogP contribution in [0, 0.1) is 0 Å². The first-order valence-corrected chi connectivity index (χ1v) is 13.6. The molecule has 0 bridgehead atoms. The van der Waals surface area contributed by atoms with E-state index in [4.69, 9.17) is 16.3 Å².